The topological polar surface area (TPSA) is 66.8 Å². The lowest BCUT2D eigenvalue weighted by molar-refractivity contribution is 0.0696. The summed E-state index contributed by atoms with van der Waals surface area (Å²) in [5.74, 6) is 5.25. The van der Waals surface area contributed by atoms with E-state index < -0.39 is 17.7 Å². The summed E-state index contributed by atoms with van der Waals surface area (Å²) in [7, 11) is 0. The van der Waals surface area contributed by atoms with E-state index in [1.807, 2.05) is 26.0 Å². The Morgan fingerprint density at radius 2 is 1.58 bits per heavy atom. The normalized spacial score (nSPS) is 16.5. The second-order valence-electron chi connectivity index (χ2n) is 11.9. The Hall–Kier alpha value is -3.62. The molecule has 3 aromatic carbocycles. The monoisotopic (exact) mass is 514 g/mol. The van der Waals surface area contributed by atoms with Crippen molar-refractivity contribution in [2.24, 2.45) is 0 Å². The molecule has 1 unspecified atom stereocenters. The standard InChI is InChI=1S/C33H35FO4/c1-31(2)17-18-32(3,4)29-26(31)19-23(27(35)16-9-21-7-10-22(11-8-21)30(36)37)20-28(29)38-33(5,6)24-12-14-25(34)15-13-24/h7-8,10-15,19-20,27,35H,17-18H2,1-6H3,(H,36,37). The van der Waals surface area contributed by atoms with E-state index in [0.717, 1.165) is 29.5 Å². The fraction of sp³-hybridized carbons (Fsp3) is 0.364. The maximum Gasteiger partial charge on any atom is 0.335 e. The number of aromatic carboxylic acids is 1. The fourth-order valence-electron chi connectivity index (χ4n) is 5.11. The number of benzene rings is 3. The Balaban J connectivity index is 1.78. The van der Waals surface area contributed by atoms with Crippen LogP contribution >= 0.6 is 0 Å². The van der Waals surface area contributed by atoms with Crippen LogP contribution in [0.3, 0.4) is 0 Å². The summed E-state index contributed by atoms with van der Waals surface area (Å²) in [6.45, 7) is 12.8. The number of carboxylic acids is 1. The predicted molar refractivity (Wildman–Crippen MR) is 147 cm³/mol. The molecule has 5 heteroatoms. The first kappa shape index (κ1) is 27.4. The van der Waals surface area contributed by atoms with Gasteiger partial charge >= 0.3 is 5.97 Å². The lowest BCUT2D eigenvalue weighted by Crippen LogP contribution is -2.36. The minimum atomic E-state index is -1.07. The zero-order chi connectivity index (χ0) is 27.9. The van der Waals surface area contributed by atoms with Gasteiger partial charge in [-0.25, -0.2) is 9.18 Å². The van der Waals surface area contributed by atoms with Gasteiger partial charge in [0.2, 0.25) is 0 Å². The van der Waals surface area contributed by atoms with Crippen LogP contribution in [0.4, 0.5) is 4.39 Å². The van der Waals surface area contributed by atoms with E-state index in [2.05, 4.69) is 39.5 Å². The van der Waals surface area contributed by atoms with Crippen molar-refractivity contribution in [3.63, 3.8) is 0 Å². The Labute approximate surface area is 224 Å². The summed E-state index contributed by atoms with van der Waals surface area (Å²) in [5, 5.41) is 20.2. The average Bonchev–Trinajstić information content (AvgIpc) is 2.85. The fourth-order valence-corrected chi connectivity index (χ4v) is 5.11. The van der Waals surface area contributed by atoms with Crippen LogP contribution in [-0.2, 0) is 16.4 Å². The number of halogens is 1. The first-order valence-corrected chi connectivity index (χ1v) is 12.9. The van der Waals surface area contributed by atoms with Crippen LogP contribution < -0.4 is 4.74 Å². The van der Waals surface area contributed by atoms with Crippen LogP contribution in [0.25, 0.3) is 0 Å². The van der Waals surface area contributed by atoms with Gasteiger partial charge in [-0.1, -0.05) is 57.7 Å². The summed E-state index contributed by atoms with van der Waals surface area (Å²) in [5.41, 5.74) is 3.51. The van der Waals surface area contributed by atoms with Crippen LogP contribution in [0.15, 0.2) is 60.7 Å². The van der Waals surface area contributed by atoms with E-state index >= 15 is 0 Å². The summed E-state index contributed by atoms with van der Waals surface area (Å²) in [6, 6.07) is 16.5. The second kappa shape index (κ2) is 9.93. The van der Waals surface area contributed by atoms with Gasteiger partial charge in [-0.15, -0.1) is 0 Å². The van der Waals surface area contributed by atoms with Crippen molar-refractivity contribution in [1.82, 2.24) is 0 Å². The van der Waals surface area contributed by atoms with Gasteiger partial charge in [-0.3, -0.25) is 0 Å². The van der Waals surface area contributed by atoms with Crippen LogP contribution in [0.5, 0.6) is 5.75 Å². The molecule has 0 amide bonds. The zero-order valence-electron chi connectivity index (χ0n) is 22.9. The van der Waals surface area contributed by atoms with Gasteiger partial charge in [0.25, 0.3) is 0 Å². The molecule has 0 aromatic heterocycles. The Morgan fingerprint density at radius 3 is 2.18 bits per heavy atom. The largest absolute Gasteiger partial charge is 0.483 e. The smallest absolute Gasteiger partial charge is 0.335 e. The number of carbonyl (C=O) groups is 1. The predicted octanol–water partition coefficient (Wildman–Crippen LogP) is 7.27. The summed E-state index contributed by atoms with van der Waals surface area (Å²) < 4.78 is 20.3. The van der Waals surface area contributed by atoms with Crippen molar-refractivity contribution in [2.45, 2.75) is 76.9 Å². The average molecular weight is 515 g/mol. The molecule has 0 fully saturated rings. The van der Waals surface area contributed by atoms with Gasteiger partial charge in [0.05, 0.1) is 5.56 Å². The van der Waals surface area contributed by atoms with Gasteiger partial charge < -0.3 is 14.9 Å². The SMILES string of the molecule is CC1(C)CCC(C)(C)c2c(OC(C)(C)c3ccc(F)cc3)cc(C(O)C#Cc3ccc(C(=O)O)cc3)cc21. The van der Waals surface area contributed by atoms with Crippen LogP contribution in [0.1, 0.15) is 98.7 Å². The van der Waals surface area contributed by atoms with E-state index in [1.165, 1.54) is 24.3 Å². The zero-order valence-corrected chi connectivity index (χ0v) is 22.9. The molecule has 4 nitrogen and oxygen atoms in total. The third-order valence-corrected chi connectivity index (χ3v) is 7.61. The Kier molecular flexibility index (Phi) is 7.16. The number of rotatable bonds is 5. The highest BCUT2D eigenvalue weighted by atomic mass is 19.1. The third kappa shape index (κ3) is 5.61. The molecule has 0 saturated heterocycles. The van der Waals surface area contributed by atoms with E-state index in [1.54, 1.807) is 24.3 Å². The molecule has 0 heterocycles. The molecule has 0 saturated carbocycles. The Bertz CT molecular complexity index is 1400. The molecule has 1 atom stereocenters. The minimum Gasteiger partial charge on any atom is -0.483 e. The molecule has 1 aliphatic carbocycles. The number of aliphatic hydroxyl groups excluding tert-OH is 1. The summed E-state index contributed by atoms with van der Waals surface area (Å²) in [4.78, 5) is 11.1. The number of hydrogen-bond donors (Lipinski definition) is 2. The van der Waals surface area contributed by atoms with E-state index in [-0.39, 0.29) is 22.2 Å². The van der Waals surface area contributed by atoms with Gasteiger partial charge in [-0.05, 0) is 96.7 Å². The molecule has 0 radical (unpaired) electrons. The molecule has 0 aliphatic heterocycles. The number of hydrogen-bond acceptors (Lipinski definition) is 3. The van der Waals surface area contributed by atoms with Gasteiger partial charge in [-0.2, -0.15) is 0 Å². The molecule has 0 spiro atoms. The van der Waals surface area contributed by atoms with E-state index in [9.17, 15) is 14.3 Å². The van der Waals surface area contributed by atoms with Crippen molar-refractivity contribution < 1.29 is 24.1 Å². The first-order valence-electron chi connectivity index (χ1n) is 12.9. The number of ether oxygens (including phenoxy) is 1. The molecule has 0 bridgehead atoms. The van der Waals surface area contributed by atoms with Gasteiger partial charge in [0.1, 0.15) is 23.3 Å². The molecule has 2 N–H and O–H groups in total. The molecule has 4 rings (SSSR count). The number of aliphatic hydroxyl groups is 1. The van der Waals surface area contributed by atoms with Gasteiger partial charge in [0.15, 0.2) is 0 Å². The maximum atomic E-state index is 13.6. The van der Waals surface area contributed by atoms with E-state index in [4.69, 9.17) is 9.84 Å². The quantitative estimate of drug-likeness (QED) is 0.351. The highest BCUT2D eigenvalue weighted by Gasteiger charge is 2.41. The molecular formula is C33H35FO4. The van der Waals surface area contributed by atoms with Crippen molar-refractivity contribution >= 4 is 5.97 Å². The number of carboxylic acid groups (broad SMARTS) is 1. The first-order chi connectivity index (χ1) is 17.7. The minimum absolute atomic E-state index is 0.126. The second-order valence-corrected chi connectivity index (χ2v) is 11.9. The highest BCUT2D eigenvalue weighted by molar-refractivity contribution is 5.87. The van der Waals surface area contributed by atoms with Gasteiger partial charge in [0, 0.05) is 11.1 Å². The lowest BCUT2D eigenvalue weighted by Gasteiger charge is -2.44. The van der Waals surface area contributed by atoms with Crippen molar-refractivity contribution in [3.8, 4) is 17.6 Å². The highest BCUT2D eigenvalue weighted by Crippen LogP contribution is 2.51. The van der Waals surface area contributed by atoms with Crippen molar-refractivity contribution in [1.29, 1.82) is 0 Å². The van der Waals surface area contributed by atoms with Crippen LogP contribution in [-0.4, -0.2) is 16.2 Å². The summed E-state index contributed by atoms with van der Waals surface area (Å²) in [6.07, 6.45) is 0.917. The molecule has 198 valence electrons. The van der Waals surface area contributed by atoms with Crippen LogP contribution in [0.2, 0.25) is 0 Å². The van der Waals surface area contributed by atoms with Crippen molar-refractivity contribution in [3.05, 3.63) is 99.9 Å². The van der Waals surface area contributed by atoms with E-state index in [0.29, 0.717) is 16.9 Å². The molecular weight excluding hydrogens is 479 g/mol. The Morgan fingerprint density at radius 1 is 0.974 bits per heavy atom. The lowest BCUT2D eigenvalue weighted by atomic mass is 9.62. The summed E-state index contributed by atoms with van der Waals surface area (Å²) >= 11 is 0. The molecule has 3 aromatic rings. The molecule has 1 aliphatic rings. The maximum absolute atomic E-state index is 13.6. The number of fused-ring (bicyclic) bond motifs is 1. The van der Waals surface area contributed by atoms with Crippen LogP contribution in [0, 0.1) is 17.7 Å². The third-order valence-electron chi connectivity index (χ3n) is 7.61. The van der Waals surface area contributed by atoms with Crippen molar-refractivity contribution in [2.75, 3.05) is 0 Å². The molecule has 38 heavy (non-hydrogen) atoms.